The molecular weight excluding hydrogens is 102 g/mol. The van der Waals surface area contributed by atoms with E-state index in [4.69, 9.17) is 9.46 Å². The summed E-state index contributed by atoms with van der Waals surface area (Å²) in [7, 11) is -1.42. The van der Waals surface area contributed by atoms with Crippen molar-refractivity contribution < 1.29 is 60.8 Å². The van der Waals surface area contributed by atoms with Crippen LogP contribution in [0, 0.1) is 0 Å². The Morgan fingerprint density at radius 2 is 1.75 bits per heavy atom. The molecule has 2 nitrogen and oxygen atoms in total. The van der Waals surface area contributed by atoms with Gasteiger partial charge in [0, 0.05) is 0 Å². The molecule has 4 heavy (non-hydrogen) atoms. The van der Waals surface area contributed by atoms with Crippen LogP contribution in [-0.2, 0) is 4.57 Å². The van der Waals surface area contributed by atoms with Crippen LogP contribution in [0.15, 0.2) is 0 Å². The number of rotatable bonds is 0. The quantitative estimate of drug-likeness (QED) is 0.234. The molecule has 4 heteroatoms. The molecule has 1 atom stereocenters. The van der Waals surface area contributed by atoms with Crippen LogP contribution in [0.3, 0.4) is 0 Å². The maximum absolute atomic E-state index is 8.40. The molecule has 0 aromatic carbocycles. The van der Waals surface area contributed by atoms with Gasteiger partial charge in [-0.05, 0) is 0 Å². The zero-order chi connectivity index (χ0) is 2.71. The van der Waals surface area contributed by atoms with Crippen LogP contribution in [0.4, 0.5) is 0 Å². The third kappa shape index (κ3) is 9.34. The molecule has 0 aromatic heterocycles. The zero-order valence-electron chi connectivity index (χ0n) is 2.32. The van der Waals surface area contributed by atoms with E-state index < -0.39 is 8.69 Å². The van der Waals surface area contributed by atoms with Gasteiger partial charge >= 0.3 is 51.4 Å². The normalized spacial score (nSPS) is 5.25. The van der Waals surface area contributed by atoms with E-state index in [0.29, 0.717) is 0 Å². The summed E-state index contributed by atoms with van der Waals surface area (Å²) in [5.74, 6) is 0. The maximum Gasteiger partial charge on any atom is 1.00 e. The molecular formula is HKO2P+. The summed E-state index contributed by atoms with van der Waals surface area (Å²) in [5, 5.41) is 0. The van der Waals surface area contributed by atoms with Crippen LogP contribution < -0.4 is 56.3 Å². The molecule has 0 N–H and O–H groups in total. The van der Waals surface area contributed by atoms with Crippen LogP contribution in [0.5, 0.6) is 0 Å². The first-order chi connectivity index (χ1) is 1.41. The predicted octanol–water partition coefficient (Wildman–Crippen LogP) is -3.71. The molecule has 0 heterocycles. The predicted molar refractivity (Wildman–Crippen MR) is 9.00 cm³/mol. The molecule has 0 aromatic rings. The molecule has 0 aliphatic rings. The van der Waals surface area contributed by atoms with Gasteiger partial charge in [-0.2, -0.15) is 0 Å². The second-order valence-electron chi connectivity index (χ2n) is 0.0833. The van der Waals surface area contributed by atoms with Gasteiger partial charge in [0.25, 0.3) is 8.69 Å². The summed E-state index contributed by atoms with van der Waals surface area (Å²) < 4.78 is 8.40. The van der Waals surface area contributed by atoms with Gasteiger partial charge in [-0.15, -0.1) is 0 Å². The Kier molecular flexibility index (Phi) is 20.3. The van der Waals surface area contributed by atoms with Gasteiger partial charge in [0.1, 0.15) is 0 Å². The third-order valence-electron chi connectivity index (χ3n) is 0. The smallest absolute Gasteiger partial charge is 0.597 e. The van der Waals surface area contributed by atoms with E-state index in [9.17, 15) is 0 Å². The molecule has 0 fully saturated rings. The molecule has 0 bridgehead atoms. The summed E-state index contributed by atoms with van der Waals surface area (Å²) in [6.45, 7) is 0. The Balaban J connectivity index is 0. The minimum atomic E-state index is -1.42. The van der Waals surface area contributed by atoms with Gasteiger partial charge in [0.15, 0.2) is 0 Å². The van der Waals surface area contributed by atoms with Gasteiger partial charge in [0.2, 0.25) is 0 Å². The minimum absolute atomic E-state index is 0. The first-order valence-corrected chi connectivity index (χ1v) is 1.22. The number of hydrogen-bond donors (Lipinski definition) is 0. The molecule has 0 aliphatic carbocycles. The fourth-order valence-electron chi connectivity index (χ4n) is 0. The minimum Gasteiger partial charge on any atom is -0.597 e. The van der Waals surface area contributed by atoms with Crippen molar-refractivity contribution in [2.45, 2.75) is 0 Å². The van der Waals surface area contributed by atoms with Crippen molar-refractivity contribution in [2.75, 3.05) is 0 Å². The molecule has 0 radical (unpaired) electrons. The second-order valence-corrected chi connectivity index (χ2v) is 0.250. The third-order valence-corrected chi connectivity index (χ3v) is 0. The second kappa shape index (κ2) is 8.83. The van der Waals surface area contributed by atoms with Crippen molar-refractivity contribution in [1.82, 2.24) is 0 Å². The van der Waals surface area contributed by atoms with Crippen molar-refractivity contribution in [3.05, 3.63) is 0 Å². The SMILES string of the molecule is O=[PH+][O-].[K+]. The molecule has 0 spiro atoms. The summed E-state index contributed by atoms with van der Waals surface area (Å²) >= 11 is 0. The van der Waals surface area contributed by atoms with Crippen LogP contribution in [-0.4, -0.2) is 0 Å². The van der Waals surface area contributed by atoms with Crippen LogP contribution >= 0.6 is 8.69 Å². The monoisotopic (exact) mass is 103 g/mol. The Bertz CT molecular complexity index is 13.5. The van der Waals surface area contributed by atoms with Crippen molar-refractivity contribution in [1.29, 1.82) is 0 Å². The van der Waals surface area contributed by atoms with Gasteiger partial charge in [-0.1, -0.05) is 4.57 Å². The molecule has 0 aliphatic heterocycles. The van der Waals surface area contributed by atoms with Gasteiger partial charge in [-0.25, -0.2) is 0 Å². The van der Waals surface area contributed by atoms with E-state index in [-0.39, 0.29) is 51.4 Å². The number of hydrogen-bond acceptors (Lipinski definition) is 2. The molecule has 0 rings (SSSR count). The summed E-state index contributed by atoms with van der Waals surface area (Å²) in [4.78, 5) is 8.40. The first kappa shape index (κ1) is 9.20. The van der Waals surface area contributed by atoms with E-state index >= 15 is 0 Å². The molecule has 18 valence electrons. The Labute approximate surface area is 68.3 Å². The van der Waals surface area contributed by atoms with E-state index in [1.54, 1.807) is 0 Å². The van der Waals surface area contributed by atoms with Crippen molar-refractivity contribution >= 4 is 8.69 Å². The van der Waals surface area contributed by atoms with E-state index in [2.05, 4.69) is 0 Å². The van der Waals surface area contributed by atoms with E-state index in [0.717, 1.165) is 0 Å². The summed E-state index contributed by atoms with van der Waals surface area (Å²) in [5.41, 5.74) is 0. The Hall–Kier alpha value is 1.70. The van der Waals surface area contributed by atoms with E-state index in [1.807, 2.05) is 0 Å². The summed E-state index contributed by atoms with van der Waals surface area (Å²) in [6, 6.07) is 0. The molecule has 0 saturated heterocycles. The maximum atomic E-state index is 8.40. The van der Waals surface area contributed by atoms with Gasteiger partial charge in [0.05, 0.1) is 0 Å². The standard InChI is InChI=1S/K.HO2P/c;1-3-2/h;3H/q+1;. The topological polar surface area (TPSA) is 40.1 Å². The largest absolute Gasteiger partial charge is 1.00 e. The molecule has 0 saturated carbocycles. The fraction of sp³-hybridized carbons (Fsp3) is 0. The van der Waals surface area contributed by atoms with Crippen LogP contribution in [0.25, 0.3) is 0 Å². The van der Waals surface area contributed by atoms with Crippen LogP contribution in [0.2, 0.25) is 0 Å². The van der Waals surface area contributed by atoms with Crippen molar-refractivity contribution in [3.63, 3.8) is 0 Å². The average Bonchev–Trinajstić information content (AvgIpc) is 0.918. The average molecular weight is 103 g/mol. The van der Waals surface area contributed by atoms with Gasteiger partial charge in [-0.3, -0.25) is 0 Å². The zero-order valence-corrected chi connectivity index (χ0v) is 6.44. The Morgan fingerprint density at radius 1 is 1.75 bits per heavy atom. The first-order valence-electron chi connectivity index (χ1n) is 0.408. The summed E-state index contributed by atoms with van der Waals surface area (Å²) in [6.07, 6.45) is 0. The van der Waals surface area contributed by atoms with E-state index in [1.165, 1.54) is 0 Å². The van der Waals surface area contributed by atoms with Gasteiger partial charge < -0.3 is 4.89 Å². The van der Waals surface area contributed by atoms with Crippen molar-refractivity contribution in [2.24, 2.45) is 0 Å². The van der Waals surface area contributed by atoms with Crippen molar-refractivity contribution in [3.8, 4) is 0 Å². The fourth-order valence-corrected chi connectivity index (χ4v) is 0. The van der Waals surface area contributed by atoms with Crippen LogP contribution in [0.1, 0.15) is 0 Å². The molecule has 1 unspecified atom stereocenters. The molecule has 0 amide bonds. The Morgan fingerprint density at radius 3 is 1.75 bits per heavy atom.